The third-order valence-electron chi connectivity index (χ3n) is 2.48. The average Bonchev–Trinajstić information content (AvgIpc) is 2.54. The molecule has 0 fully saturated rings. The molecule has 1 heterocycles. The van der Waals surface area contributed by atoms with Gasteiger partial charge in [-0.25, -0.2) is 0 Å². The van der Waals surface area contributed by atoms with E-state index in [1.165, 1.54) is 15.0 Å². The standard InChI is InChI=1S/C12H21IN2O/c1-5-10-12(13)11(6-2)15(14-10)7-8-16-9(3)4/h9H,5-8H2,1-4H3. The number of hydrogen-bond acceptors (Lipinski definition) is 2. The minimum Gasteiger partial charge on any atom is -0.377 e. The lowest BCUT2D eigenvalue weighted by Gasteiger charge is -2.09. The van der Waals surface area contributed by atoms with Crippen LogP contribution >= 0.6 is 22.6 Å². The van der Waals surface area contributed by atoms with Gasteiger partial charge in [-0.3, -0.25) is 4.68 Å². The molecular weight excluding hydrogens is 315 g/mol. The molecule has 0 saturated carbocycles. The van der Waals surface area contributed by atoms with Gasteiger partial charge in [0.1, 0.15) is 0 Å². The molecule has 0 saturated heterocycles. The van der Waals surface area contributed by atoms with Crippen LogP contribution in [0.2, 0.25) is 0 Å². The van der Waals surface area contributed by atoms with Crippen LogP contribution < -0.4 is 0 Å². The molecule has 92 valence electrons. The van der Waals surface area contributed by atoms with Crippen molar-refractivity contribution in [3.63, 3.8) is 0 Å². The van der Waals surface area contributed by atoms with Gasteiger partial charge in [0.05, 0.1) is 34.2 Å². The fourth-order valence-corrected chi connectivity index (χ4v) is 2.80. The molecule has 0 amide bonds. The Labute approximate surface area is 112 Å². The summed E-state index contributed by atoms with van der Waals surface area (Å²) in [4.78, 5) is 0. The van der Waals surface area contributed by atoms with E-state index in [0.717, 1.165) is 26.0 Å². The van der Waals surface area contributed by atoms with Gasteiger partial charge in [0, 0.05) is 0 Å². The minimum atomic E-state index is 0.297. The Hall–Kier alpha value is -0.100. The molecule has 0 radical (unpaired) electrons. The van der Waals surface area contributed by atoms with Gasteiger partial charge in [-0.05, 0) is 49.3 Å². The Balaban J connectivity index is 2.71. The van der Waals surface area contributed by atoms with E-state index in [1.807, 2.05) is 0 Å². The first-order valence-electron chi connectivity index (χ1n) is 5.95. The van der Waals surface area contributed by atoms with Crippen LogP contribution in [0.5, 0.6) is 0 Å². The molecule has 4 heteroatoms. The zero-order chi connectivity index (χ0) is 12.1. The smallest absolute Gasteiger partial charge is 0.0758 e. The molecule has 0 spiro atoms. The van der Waals surface area contributed by atoms with Crippen molar-refractivity contribution in [3.05, 3.63) is 15.0 Å². The molecule has 0 aliphatic heterocycles. The summed E-state index contributed by atoms with van der Waals surface area (Å²) < 4.78 is 8.99. The van der Waals surface area contributed by atoms with E-state index >= 15 is 0 Å². The Morgan fingerprint density at radius 2 is 2.00 bits per heavy atom. The minimum absolute atomic E-state index is 0.297. The molecule has 1 aromatic rings. The second-order valence-corrected chi connectivity index (χ2v) is 5.14. The van der Waals surface area contributed by atoms with Gasteiger partial charge in [0.15, 0.2) is 0 Å². The number of hydrogen-bond donors (Lipinski definition) is 0. The van der Waals surface area contributed by atoms with Crippen molar-refractivity contribution in [3.8, 4) is 0 Å². The lowest BCUT2D eigenvalue weighted by molar-refractivity contribution is 0.0705. The highest BCUT2D eigenvalue weighted by atomic mass is 127. The molecule has 0 bridgehead atoms. The number of nitrogens with zero attached hydrogens (tertiary/aromatic N) is 2. The van der Waals surface area contributed by atoms with Gasteiger partial charge in [-0.15, -0.1) is 0 Å². The fourth-order valence-electron chi connectivity index (χ4n) is 1.65. The highest BCUT2D eigenvalue weighted by Gasteiger charge is 2.12. The first kappa shape index (κ1) is 14.0. The van der Waals surface area contributed by atoms with Crippen molar-refractivity contribution in [2.45, 2.75) is 53.2 Å². The largest absolute Gasteiger partial charge is 0.377 e. The van der Waals surface area contributed by atoms with Gasteiger partial charge >= 0.3 is 0 Å². The predicted molar refractivity (Wildman–Crippen MR) is 74.8 cm³/mol. The lowest BCUT2D eigenvalue weighted by Crippen LogP contribution is -2.13. The van der Waals surface area contributed by atoms with E-state index in [-0.39, 0.29) is 0 Å². The fraction of sp³-hybridized carbons (Fsp3) is 0.750. The lowest BCUT2D eigenvalue weighted by atomic mass is 10.2. The SMILES string of the molecule is CCc1nn(CCOC(C)C)c(CC)c1I. The van der Waals surface area contributed by atoms with Crippen LogP contribution in [0.4, 0.5) is 0 Å². The summed E-state index contributed by atoms with van der Waals surface area (Å²) >= 11 is 2.40. The van der Waals surface area contributed by atoms with Crippen LogP contribution in [0.3, 0.4) is 0 Å². The topological polar surface area (TPSA) is 27.1 Å². The molecule has 0 N–H and O–H groups in total. The van der Waals surface area contributed by atoms with Crippen molar-refractivity contribution in [2.24, 2.45) is 0 Å². The third kappa shape index (κ3) is 3.45. The van der Waals surface area contributed by atoms with Crippen molar-refractivity contribution in [2.75, 3.05) is 6.61 Å². The maximum Gasteiger partial charge on any atom is 0.0758 e. The monoisotopic (exact) mass is 336 g/mol. The first-order valence-corrected chi connectivity index (χ1v) is 7.03. The molecular formula is C12H21IN2O. The molecule has 1 rings (SSSR count). The summed E-state index contributed by atoms with van der Waals surface area (Å²) in [7, 11) is 0. The quantitative estimate of drug-likeness (QED) is 0.747. The summed E-state index contributed by atoms with van der Waals surface area (Å²) in [6.45, 7) is 10.1. The Kier molecular flexibility index (Phi) is 5.75. The van der Waals surface area contributed by atoms with Crippen LogP contribution in [0.1, 0.15) is 39.1 Å². The van der Waals surface area contributed by atoms with Crippen LogP contribution in [0.25, 0.3) is 0 Å². The van der Waals surface area contributed by atoms with E-state index in [1.54, 1.807) is 0 Å². The van der Waals surface area contributed by atoms with Crippen molar-refractivity contribution in [1.29, 1.82) is 0 Å². The number of ether oxygens (including phenoxy) is 1. The van der Waals surface area contributed by atoms with Crippen molar-refractivity contribution < 1.29 is 4.74 Å². The Bertz CT molecular complexity index is 334. The van der Waals surface area contributed by atoms with Gasteiger partial charge in [0.25, 0.3) is 0 Å². The average molecular weight is 336 g/mol. The van der Waals surface area contributed by atoms with Gasteiger partial charge in [0.2, 0.25) is 0 Å². The Morgan fingerprint density at radius 1 is 1.31 bits per heavy atom. The number of aromatic nitrogens is 2. The molecule has 0 aliphatic rings. The molecule has 3 nitrogen and oxygen atoms in total. The summed E-state index contributed by atoms with van der Waals surface area (Å²) in [5.74, 6) is 0. The first-order chi connectivity index (χ1) is 7.60. The summed E-state index contributed by atoms with van der Waals surface area (Å²) in [6, 6.07) is 0. The molecule has 0 atom stereocenters. The second kappa shape index (κ2) is 6.59. The summed E-state index contributed by atoms with van der Waals surface area (Å²) in [5.41, 5.74) is 2.55. The van der Waals surface area contributed by atoms with Gasteiger partial charge in [-0.1, -0.05) is 13.8 Å². The maximum absolute atomic E-state index is 5.56. The predicted octanol–water partition coefficient (Wildman–Crippen LogP) is 3.04. The molecule has 0 aromatic carbocycles. The van der Waals surface area contributed by atoms with Gasteiger partial charge in [-0.2, -0.15) is 5.10 Å². The summed E-state index contributed by atoms with van der Waals surface area (Å²) in [6.07, 6.45) is 2.33. The summed E-state index contributed by atoms with van der Waals surface area (Å²) in [5, 5.41) is 4.63. The van der Waals surface area contributed by atoms with Crippen LogP contribution in [-0.2, 0) is 24.1 Å². The van der Waals surface area contributed by atoms with Crippen LogP contribution in [-0.4, -0.2) is 22.5 Å². The second-order valence-electron chi connectivity index (χ2n) is 4.06. The van der Waals surface area contributed by atoms with E-state index in [2.05, 4.69) is 60.1 Å². The van der Waals surface area contributed by atoms with Crippen molar-refractivity contribution >= 4 is 22.6 Å². The van der Waals surface area contributed by atoms with Crippen LogP contribution in [0, 0.1) is 3.57 Å². The zero-order valence-corrected chi connectivity index (χ0v) is 12.7. The maximum atomic E-state index is 5.56. The zero-order valence-electron chi connectivity index (χ0n) is 10.6. The number of aryl methyl sites for hydroxylation is 1. The third-order valence-corrected chi connectivity index (χ3v) is 3.73. The molecule has 0 unspecified atom stereocenters. The normalized spacial score (nSPS) is 11.4. The van der Waals surface area contributed by atoms with E-state index in [0.29, 0.717) is 6.10 Å². The van der Waals surface area contributed by atoms with E-state index < -0.39 is 0 Å². The van der Waals surface area contributed by atoms with Crippen molar-refractivity contribution in [1.82, 2.24) is 9.78 Å². The molecule has 1 aromatic heterocycles. The van der Waals surface area contributed by atoms with E-state index in [4.69, 9.17) is 4.74 Å². The Morgan fingerprint density at radius 3 is 2.50 bits per heavy atom. The van der Waals surface area contributed by atoms with Gasteiger partial charge < -0.3 is 4.74 Å². The molecule has 16 heavy (non-hydrogen) atoms. The number of halogens is 1. The highest BCUT2D eigenvalue weighted by Crippen LogP contribution is 2.18. The number of rotatable bonds is 6. The highest BCUT2D eigenvalue weighted by molar-refractivity contribution is 14.1. The van der Waals surface area contributed by atoms with E-state index in [9.17, 15) is 0 Å². The van der Waals surface area contributed by atoms with Crippen LogP contribution in [0.15, 0.2) is 0 Å². The molecule has 0 aliphatic carbocycles.